The van der Waals surface area contributed by atoms with Crippen LogP contribution in [0.4, 0.5) is 4.79 Å². The summed E-state index contributed by atoms with van der Waals surface area (Å²) in [6, 6.07) is 0.0139. The van der Waals surface area contributed by atoms with Gasteiger partial charge in [0.15, 0.2) is 0 Å². The van der Waals surface area contributed by atoms with E-state index in [1.54, 1.807) is 9.80 Å². The van der Waals surface area contributed by atoms with Gasteiger partial charge in [-0.2, -0.15) is 0 Å². The third-order valence-corrected chi connectivity index (χ3v) is 4.41. The number of rotatable bonds is 5. The monoisotopic (exact) mass is 270 g/mol. The second-order valence-electron chi connectivity index (χ2n) is 5.27. The van der Waals surface area contributed by atoms with Gasteiger partial charge in [-0.15, -0.1) is 0 Å². The highest BCUT2D eigenvalue weighted by atomic mass is 16.4. The summed E-state index contributed by atoms with van der Waals surface area (Å²) < 4.78 is 0. The van der Waals surface area contributed by atoms with Gasteiger partial charge >= 0.3 is 12.0 Å². The van der Waals surface area contributed by atoms with Gasteiger partial charge in [0.1, 0.15) is 5.54 Å². The molecule has 5 nitrogen and oxygen atoms in total. The summed E-state index contributed by atoms with van der Waals surface area (Å²) in [6.07, 6.45) is 2.67. The lowest BCUT2D eigenvalue weighted by molar-refractivity contribution is -0.148. The number of amides is 2. The maximum Gasteiger partial charge on any atom is 0.329 e. The zero-order valence-electron chi connectivity index (χ0n) is 12.5. The number of urea groups is 1. The molecule has 5 heteroatoms. The lowest BCUT2D eigenvalue weighted by Crippen LogP contribution is -2.57. The number of likely N-dealkylation sites (tertiary alicyclic amines) is 1. The molecule has 0 aromatic rings. The van der Waals surface area contributed by atoms with Gasteiger partial charge in [0, 0.05) is 19.1 Å². The third-order valence-electron chi connectivity index (χ3n) is 4.41. The molecule has 1 aliphatic heterocycles. The summed E-state index contributed by atoms with van der Waals surface area (Å²) in [7, 11) is 0. The van der Waals surface area contributed by atoms with Crippen LogP contribution in [0.3, 0.4) is 0 Å². The fourth-order valence-corrected chi connectivity index (χ4v) is 2.91. The molecule has 1 heterocycles. The van der Waals surface area contributed by atoms with Crippen molar-refractivity contribution in [1.82, 2.24) is 9.80 Å². The number of hydrogen-bond acceptors (Lipinski definition) is 2. The van der Waals surface area contributed by atoms with E-state index in [1.165, 1.54) is 0 Å². The van der Waals surface area contributed by atoms with Crippen molar-refractivity contribution in [1.29, 1.82) is 0 Å². The van der Waals surface area contributed by atoms with Crippen molar-refractivity contribution in [3.05, 3.63) is 0 Å². The average Bonchev–Trinajstić information content (AvgIpc) is 2.84. The molecule has 19 heavy (non-hydrogen) atoms. The first-order chi connectivity index (χ1) is 8.94. The molecule has 1 aliphatic rings. The van der Waals surface area contributed by atoms with Crippen molar-refractivity contribution >= 4 is 12.0 Å². The molecule has 1 fully saturated rings. The van der Waals surface area contributed by atoms with Gasteiger partial charge < -0.3 is 14.9 Å². The SMILES string of the molecule is CCC(C)N(CC)C(=O)N1CCCC1(CC)C(=O)O. The molecule has 1 rings (SSSR count). The quantitative estimate of drug-likeness (QED) is 0.835. The smallest absolute Gasteiger partial charge is 0.329 e. The van der Waals surface area contributed by atoms with E-state index in [1.807, 2.05) is 27.7 Å². The van der Waals surface area contributed by atoms with E-state index in [2.05, 4.69) is 0 Å². The Hall–Kier alpha value is -1.26. The molecule has 2 unspecified atom stereocenters. The van der Waals surface area contributed by atoms with Crippen LogP contribution < -0.4 is 0 Å². The van der Waals surface area contributed by atoms with E-state index >= 15 is 0 Å². The molecule has 110 valence electrons. The fraction of sp³-hybridized carbons (Fsp3) is 0.857. The Morgan fingerprint density at radius 3 is 2.42 bits per heavy atom. The van der Waals surface area contributed by atoms with Crippen LogP contribution in [0.15, 0.2) is 0 Å². The molecule has 0 aliphatic carbocycles. The van der Waals surface area contributed by atoms with Crippen LogP contribution in [0.5, 0.6) is 0 Å². The van der Waals surface area contributed by atoms with Gasteiger partial charge in [-0.1, -0.05) is 13.8 Å². The van der Waals surface area contributed by atoms with Crippen molar-refractivity contribution in [3.8, 4) is 0 Å². The van der Waals surface area contributed by atoms with Gasteiger partial charge in [-0.25, -0.2) is 9.59 Å². The van der Waals surface area contributed by atoms with Crippen LogP contribution in [0.1, 0.15) is 53.4 Å². The number of nitrogens with zero attached hydrogens (tertiary/aromatic N) is 2. The van der Waals surface area contributed by atoms with Crippen molar-refractivity contribution in [2.45, 2.75) is 65.0 Å². The summed E-state index contributed by atoms with van der Waals surface area (Å²) in [5.74, 6) is -0.874. The molecule has 0 saturated carbocycles. The average molecular weight is 270 g/mol. The van der Waals surface area contributed by atoms with Gasteiger partial charge in [0.2, 0.25) is 0 Å². The van der Waals surface area contributed by atoms with Crippen LogP contribution in [0.25, 0.3) is 0 Å². The summed E-state index contributed by atoms with van der Waals surface area (Å²) in [5, 5.41) is 9.52. The van der Waals surface area contributed by atoms with E-state index in [0.29, 0.717) is 25.9 Å². The molecule has 0 radical (unpaired) electrons. The van der Waals surface area contributed by atoms with Gasteiger partial charge in [0.05, 0.1) is 0 Å². The molecule has 0 bridgehead atoms. The van der Waals surface area contributed by atoms with Crippen molar-refractivity contribution in [2.75, 3.05) is 13.1 Å². The third kappa shape index (κ3) is 2.69. The van der Waals surface area contributed by atoms with Crippen molar-refractivity contribution in [3.63, 3.8) is 0 Å². The van der Waals surface area contributed by atoms with Crippen molar-refractivity contribution < 1.29 is 14.7 Å². The Morgan fingerprint density at radius 1 is 1.37 bits per heavy atom. The molecular formula is C14H26N2O3. The number of carbonyl (C=O) groups is 2. The first kappa shape index (κ1) is 15.8. The minimum absolute atomic E-state index is 0.126. The Labute approximate surface area is 115 Å². The van der Waals surface area contributed by atoms with E-state index in [4.69, 9.17) is 0 Å². The maximum atomic E-state index is 12.6. The minimum Gasteiger partial charge on any atom is -0.479 e. The molecule has 2 atom stereocenters. The van der Waals surface area contributed by atoms with E-state index in [0.717, 1.165) is 12.8 Å². The number of aliphatic carboxylic acids is 1. The lowest BCUT2D eigenvalue weighted by Gasteiger charge is -2.39. The highest BCUT2D eigenvalue weighted by Crippen LogP contribution is 2.34. The highest BCUT2D eigenvalue weighted by molar-refractivity contribution is 5.87. The predicted molar refractivity (Wildman–Crippen MR) is 74.1 cm³/mol. The van der Waals surface area contributed by atoms with E-state index in [-0.39, 0.29) is 12.1 Å². The zero-order valence-corrected chi connectivity index (χ0v) is 12.5. The second kappa shape index (κ2) is 6.26. The summed E-state index contributed by atoms with van der Waals surface area (Å²) in [4.78, 5) is 27.6. The Balaban J connectivity index is 2.99. The number of carboxylic acid groups (broad SMARTS) is 1. The van der Waals surface area contributed by atoms with Crippen LogP contribution in [0, 0.1) is 0 Å². The Kier molecular flexibility index (Phi) is 5.20. The van der Waals surface area contributed by atoms with E-state index in [9.17, 15) is 14.7 Å². The number of carboxylic acids is 1. The van der Waals surface area contributed by atoms with Crippen LogP contribution in [-0.2, 0) is 4.79 Å². The van der Waals surface area contributed by atoms with Gasteiger partial charge in [-0.3, -0.25) is 0 Å². The molecule has 0 aromatic carbocycles. The first-order valence-electron chi connectivity index (χ1n) is 7.26. The summed E-state index contributed by atoms with van der Waals surface area (Å²) >= 11 is 0. The van der Waals surface area contributed by atoms with Crippen molar-refractivity contribution in [2.24, 2.45) is 0 Å². The molecular weight excluding hydrogens is 244 g/mol. The Morgan fingerprint density at radius 2 is 2.00 bits per heavy atom. The normalized spacial score (nSPS) is 24.3. The number of carbonyl (C=O) groups excluding carboxylic acids is 1. The molecule has 2 amide bonds. The van der Waals surface area contributed by atoms with Gasteiger partial charge in [0.25, 0.3) is 0 Å². The predicted octanol–water partition coefficient (Wildman–Crippen LogP) is 2.56. The zero-order chi connectivity index (χ0) is 14.6. The topological polar surface area (TPSA) is 60.9 Å². The van der Waals surface area contributed by atoms with Crippen LogP contribution >= 0.6 is 0 Å². The minimum atomic E-state index is -1.00. The fourth-order valence-electron chi connectivity index (χ4n) is 2.91. The number of hydrogen-bond donors (Lipinski definition) is 1. The summed E-state index contributed by atoms with van der Waals surface area (Å²) in [5.41, 5.74) is -1.00. The largest absolute Gasteiger partial charge is 0.479 e. The Bertz CT molecular complexity index is 346. The standard InChI is InChI=1S/C14H26N2O3/c1-5-11(4)15(7-3)13(19)16-10-8-9-14(16,6-2)12(17)18/h11H,5-10H2,1-4H3,(H,17,18). The van der Waals surface area contributed by atoms with Crippen LogP contribution in [-0.4, -0.2) is 51.6 Å². The first-order valence-corrected chi connectivity index (χ1v) is 7.26. The molecule has 0 spiro atoms. The highest BCUT2D eigenvalue weighted by Gasteiger charge is 2.49. The van der Waals surface area contributed by atoms with Crippen LogP contribution in [0.2, 0.25) is 0 Å². The van der Waals surface area contributed by atoms with E-state index < -0.39 is 11.5 Å². The van der Waals surface area contributed by atoms with Gasteiger partial charge in [-0.05, 0) is 39.5 Å². The maximum absolute atomic E-state index is 12.6. The second-order valence-corrected chi connectivity index (χ2v) is 5.27. The summed E-state index contributed by atoms with van der Waals surface area (Å²) in [6.45, 7) is 8.99. The lowest BCUT2D eigenvalue weighted by atomic mass is 9.93. The molecule has 1 saturated heterocycles. The molecule has 1 N–H and O–H groups in total. The molecule has 0 aromatic heterocycles.